The van der Waals surface area contributed by atoms with Gasteiger partial charge in [0.2, 0.25) is 0 Å². The molecule has 120 valence electrons. The van der Waals surface area contributed by atoms with Crippen molar-refractivity contribution >= 4 is 28.9 Å². The fourth-order valence-electron chi connectivity index (χ4n) is 2.92. The van der Waals surface area contributed by atoms with Gasteiger partial charge < -0.3 is 5.32 Å². The van der Waals surface area contributed by atoms with Crippen LogP contribution in [0.2, 0.25) is 10.2 Å². The molecule has 0 radical (unpaired) electrons. The zero-order valence-electron chi connectivity index (χ0n) is 13.1. The van der Waals surface area contributed by atoms with Gasteiger partial charge in [0.1, 0.15) is 5.15 Å². The van der Waals surface area contributed by atoms with Crippen molar-refractivity contribution in [2.24, 2.45) is 0 Å². The number of hydrogen-bond acceptors (Lipinski definition) is 3. The second kappa shape index (κ2) is 6.08. The lowest BCUT2D eigenvalue weighted by molar-refractivity contribution is 1.00. The molecule has 0 saturated heterocycles. The minimum Gasteiger partial charge on any atom is -0.384 e. The molecular weight excluding hydrogens is 341 g/mol. The molecule has 1 aliphatic heterocycles. The summed E-state index contributed by atoms with van der Waals surface area (Å²) in [5.41, 5.74) is 5.99. The van der Waals surface area contributed by atoms with Crippen molar-refractivity contribution in [1.82, 2.24) is 9.97 Å². The third-order valence-corrected chi connectivity index (χ3v) is 4.74. The number of hydrogen-bond donors (Lipinski definition) is 1. The molecule has 3 aromatic rings. The van der Waals surface area contributed by atoms with Gasteiger partial charge in [0.25, 0.3) is 0 Å². The predicted molar refractivity (Wildman–Crippen MR) is 99.9 cm³/mol. The van der Waals surface area contributed by atoms with Crippen LogP contribution in [0.15, 0.2) is 42.5 Å². The van der Waals surface area contributed by atoms with Gasteiger partial charge in [-0.15, -0.1) is 0 Å². The van der Waals surface area contributed by atoms with Crippen LogP contribution in [0.1, 0.15) is 11.1 Å². The molecule has 0 spiro atoms. The van der Waals surface area contributed by atoms with Gasteiger partial charge in [-0.05, 0) is 31.5 Å². The number of aromatic nitrogens is 2. The first-order chi connectivity index (χ1) is 11.6. The fraction of sp³-hybridized carbons (Fsp3) is 0.158. The van der Waals surface area contributed by atoms with E-state index in [9.17, 15) is 0 Å². The summed E-state index contributed by atoms with van der Waals surface area (Å²) in [6.45, 7) is 2.83. The second-order valence-corrected chi connectivity index (χ2v) is 6.69. The Bertz CT molecular complexity index is 921. The SMILES string of the molecule is Cc1ccc(-c2nc(Cl)c3c(n2)-c2ccc(Cl)cc2NCC3)cc1. The second-order valence-electron chi connectivity index (χ2n) is 5.90. The van der Waals surface area contributed by atoms with Gasteiger partial charge in [-0.25, -0.2) is 9.97 Å². The summed E-state index contributed by atoms with van der Waals surface area (Å²) >= 11 is 12.6. The third-order valence-electron chi connectivity index (χ3n) is 4.19. The highest BCUT2D eigenvalue weighted by Crippen LogP contribution is 2.37. The molecule has 24 heavy (non-hydrogen) atoms. The number of benzene rings is 2. The summed E-state index contributed by atoms with van der Waals surface area (Å²) in [4.78, 5) is 9.35. The van der Waals surface area contributed by atoms with E-state index in [2.05, 4.69) is 17.2 Å². The highest BCUT2D eigenvalue weighted by atomic mass is 35.5. The van der Waals surface area contributed by atoms with Crippen LogP contribution in [0.5, 0.6) is 0 Å². The molecule has 0 unspecified atom stereocenters. The number of rotatable bonds is 1. The Morgan fingerprint density at radius 2 is 1.79 bits per heavy atom. The zero-order chi connectivity index (χ0) is 16.7. The van der Waals surface area contributed by atoms with E-state index in [0.717, 1.165) is 41.0 Å². The molecule has 2 aromatic carbocycles. The van der Waals surface area contributed by atoms with Gasteiger partial charge in [0.15, 0.2) is 5.82 Å². The first-order valence-corrected chi connectivity index (χ1v) is 8.54. The van der Waals surface area contributed by atoms with Crippen molar-refractivity contribution in [1.29, 1.82) is 0 Å². The highest BCUT2D eigenvalue weighted by molar-refractivity contribution is 6.31. The first-order valence-electron chi connectivity index (χ1n) is 7.79. The average molecular weight is 356 g/mol. The van der Waals surface area contributed by atoms with Crippen molar-refractivity contribution in [2.45, 2.75) is 13.3 Å². The number of nitrogens with zero attached hydrogens (tertiary/aromatic N) is 2. The van der Waals surface area contributed by atoms with Crippen LogP contribution in [0.4, 0.5) is 5.69 Å². The van der Waals surface area contributed by atoms with E-state index < -0.39 is 0 Å². The normalized spacial score (nSPS) is 12.8. The van der Waals surface area contributed by atoms with Crippen LogP contribution in [-0.4, -0.2) is 16.5 Å². The van der Waals surface area contributed by atoms with Crippen LogP contribution in [0, 0.1) is 6.92 Å². The van der Waals surface area contributed by atoms with Crippen molar-refractivity contribution in [2.75, 3.05) is 11.9 Å². The molecular formula is C19H15Cl2N3. The Balaban J connectivity index is 1.93. The van der Waals surface area contributed by atoms with Gasteiger partial charge in [0.05, 0.1) is 5.69 Å². The molecule has 5 heteroatoms. The molecule has 0 atom stereocenters. The highest BCUT2D eigenvalue weighted by Gasteiger charge is 2.20. The van der Waals surface area contributed by atoms with Gasteiger partial charge in [-0.2, -0.15) is 0 Å². The average Bonchev–Trinajstić information content (AvgIpc) is 2.75. The molecule has 0 fully saturated rings. The lowest BCUT2D eigenvalue weighted by Crippen LogP contribution is -2.03. The summed E-state index contributed by atoms with van der Waals surface area (Å²) < 4.78 is 0. The molecule has 0 saturated carbocycles. The van der Waals surface area contributed by atoms with Crippen LogP contribution >= 0.6 is 23.2 Å². The van der Waals surface area contributed by atoms with E-state index in [1.54, 1.807) is 0 Å². The minimum absolute atomic E-state index is 0.514. The Morgan fingerprint density at radius 1 is 1.00 bits per heavy atom. The first kappa shape index (κ1) is 15.4. The molecule has 1 N–H and O–H groups in total. The quantitative estimate of drug-likeness (QED) is 0.594. The summed E-state index contributed by atoms with van der Waals surface area (Å²) in [6.07, 6.45) is 0.772. The smallest absolute Gasteiger partial charge is 0.161 e. The van der Waals surface area contributed by atoms with Crippen molar-refractivity contribution in [3.05, 3.63) is 63.8 Å². The molecule has 1 aromatic heterocycles. The summed E-state index contributed by atoms with van der Waals surface area (Å²) in [5, 5.41) is 4.61. The molecule has 2 heterocycles. The maximum absolute atomic E-state index is 6.49. The number of nitrogens with one attached hydrogen (secondary N) is 1. The molecule has 0 aliphatic carbocycles. The monoisotopic (exact) mass is 355 g/mol. The van der Waals surface area contributed by atoms with Crippen LogP contribution in [0.3, 0.4) is 0 Å². The van der Waals surface area contributed by atoms with E-state index in [-0.39, 0.29) is 0 Å². The Labute approximate surface area is 150 Å². The topological polar surface area (TPSA) is 37.8 Å². The lowest BCUT2D eigenvalue weighted by atomic mass is 10.0. The van der Waals surface area contributed by atoms with Crippen LogP contribution in [-0.2, 0) is 6.42 Å². The number of halogens is 2. The van der Waals surface area contributed by atoms with E-state index in [0.29, 0.717) is 16.0 Å². The summed E-state index contributed by atoms with van der Waals surface area (Å²) in [7, 11) is 0. The number of aryl methyl sites for hydroxylation is 1. The van der Waals surface area contributed by atoms with Crippen molar-refractivity contribution in [3.8, 4) is 22.6 Å². The van der Waals surface area contributed by atoms with E-state index in [1.807, 2.05) is 42.5 Å². The maximum Gasteiger partial charge on any atom is 0.161 e. The summed E-state index contributed by atoms with van der Waals surface area (Å²) in [6, 6.07) is 13.9. The third kappa shape index (κ3) is 2.74. The van der Waals surface area contributed by atoms with E-state index in [4.69, 9.17) is 28.2 Å². The number of anilines is 1. The fourth-order valence-corrected chi connectivity index (χ4v) is 3.36. The summed E-state index contributed by atoms with van der Waals surface area (Å²) in [5.74, 6) is 0.640. The van der Waals surface area contributed by atoms with Crippen LogP contribution < -0.4 is 5.32 Å². The zero-order valence-corrected chi connectivity index (χ0v) is 14.6. The maximum atomic E-state index is 6.49. The largest absolute Gasteiger partial charge is 0.384 e. The molecule has 3 nitrogen and oxygen atoms in total. The van der Waals surface area contributed by atoms with Crippen LogP contribution in [0.25, 0.3) is 22.6 Å². The Morgan fingerprint density at radius 3 is 2.58 bits per heavy atom. The molecule has 4 rings (SSSR count). The van der Waals surface area contributed by atoms with Gasteiger partial charge >= 0.3 is 0 Å². The molecule has 0 bridgehead atoms. The Hall–Kier alpha value is -2.10. The van der Waals surface area contributed by atoms with Crippen molar-refractivity contribution in [3.63, 3.8) is 0 Å². The van der Waals surface area contributed by atoms with Gasteiger partial charge in [0, 0.05) is 33.9 Å². The standard InChI is InChI=1S/C19H15Cl2N3/c1-11-2-4-12(5-3-11)19-23-17-14-7-6-13(20)10-16(14)22-9-8-15(17)18(21)24-19/h2-7,10,22H,8-9H2,1H3. The van der Waals surface area contributed by atoms with Crippen molar-refractivity contribution < 1.29 is 0 Å². The van der Waals surface area contributed by atoms with Gasteiger partial charge in [-0.3, -0.25) is 0 Å². The molecule has 0 amide bonds. The van der Waals surface area contributed by atoms with E-state index in [1.165, 1.54) is 5.56 Å². The lowest BCUT2D eigenvalue weighted by Gasteiger charge is -2.12. The molecule has 1 aliphatic rings. The number of fused-ring (bicyclic) bond motifs is 3. The van der Waals surface area contributed by atoms with E-state index >= 15 is 0 Å². The predicted octanol–water partition coefficient (Wildman–Crippen LogP) is 5.39. The van der Waals surface area contributed by atoms with Gasteiger partial charge in [-0.1, -0.05) is 53.0 Å². The Kier molecular flexibility index (Phi) is 3.91. The minimum atomic E-state index is 0.514.